The third kappa shape index (κ3) is 4.82. The van der Waals surface area contributed by atoms with Crippen LogP contribution < -0.4 is 15.4 Å². The maximum atomic E-state index is 12.3. The van der Waals surface area contributed by atoms with Crippen molar-refractivity contribution in [1.82, 2.24) is 10.6 Å². The van der Waals surface area contributed by atoms with Crippen LogP contribution >= 0.6 is 0 Å². The summed E-state index contributed by atoms with van der Waals surface area (Å²) in [6, 6.07) is 14.2. The molecular weight excluding hydrogens is 354 g/mol. The molecule has 2 aromatic carbocycles. The summed E-state index contributed by atoms with van der Waals surface area (Å²) in [5.74, 6) is -0.610. The molecule has 0 spiro atoms. The molecule has 0 aliphatic heterocycles. The highest BCUT2D eigenvalue weighted by atomic mass is 32.2. The fraction of sp³-hybridized carbons (Fsp3) is 0.222. The zero-order valence-corrected chi connectivity index (χ0v) is 14.8. The molecule has 0 atom stereocenters. The van der Waals surface area contributed by atoms with E-state index in [1.807, 2.05) is 0 Å². The van der Waals surface area contributed by atoms with Gasteiger partial charge in [-0.1, -0.05) is 18.2 Å². The molecule has 0 aromatic heterocycles. The lowest BCUT2D eigenvalue weighted by Gasteiger charge is -2.09. The van der Waals surface area contributed by atoms with Crippen molar-refractivity contribution in [1.29, 1.82) is 0 Å². The molecule has 0 radical (unpaired) electrons. The van der Waals surface area contributed by atoms with Gasteiger partial charge in [0.2, 0.25) is 5.91 Å². The largest absolute Gasteiger partial charge is 0.352 e. The number of hydrogen-bond donors (Lipinski definition) is 3. The highest BCUT2D eigenvalue weighted by molar-refractivity contribution is 7.92. The lowest BCUT2D eigenvalue weighted by Crippen LogP contribution is -2.37. The number of amides is 2. The van der Waals surface area contributed by atoms with Crippen molar-refractivity contribution in [3.63, 3.8) is 0 Å². The molecule has 8 heteroatoms. The number of carbonyl (C=O) groups is 2. The van der Waals surface area contributed by atoms with Crippen LogP contribution in [-0.2, 0) is 14.8 Å². The highest BCUT2D eigenvalue weighted by Crippen LogP contribution is 2.18. The summed E-state index contributed by atoms with van der Waals surface area (Å²) in [5, 5.41) is 5.32. The second-order valence-electron chi connectivity index (χ2n) is 6.02. The van der Waals surface area contributed by atoms with Gasteiger partial charge < -0.3 is 10.6 Å². The fourth-order valence-electron chi connectivity index (χ4n) is 2.27. The molecule has 2 amide bonds. The third-order valence-corrected chi connectivity index (χ3v) is 5.20. The summed E-state index contributed by atoms with van der Waals surface area (Å²) in [6.07, 6.45) is 1.97. The quantitative estimate of drug-likeness (QED) is 0.684. The Morgan fingerprint density at radius 1 is 0.962 bits per heavy atom. The third-order valence-electron chi connectivity index (χ3n) is 3.80. The van der Waals surface area contributed by atoms with Crippen LogP contribution in [0.3, 0.4) is 0 Å². The molecule has 2 aromatic rings. The van der Waals surface area contributed by atoms with Gasteiger partial charge in [0.05, 0.1) is 11.4 Å². The van der Waals surface area contributed by atoms with Crippen molar-refractivity contribution >= 4 is 27.5 Å². The molecule has 1 fully saturated rings. The first-order chi connectivity index (χ1) is 12.4. The van der Waals surface area contributed by atoms with Gasteiger partial charge in [-0.2, -0.15) is 0 Å². The Bertz CT molecular complexity index is 892. The molecule has 3 rings (SSSR count). The van der Waals surface area contributed by atoms with Crippen molar-refractivity contribution in [3.05, 3.63) is 60.2 Å². The van der Waals surface area contributed by atoms with E-state index in [2.05, 4.69) is 15.4 Å². The molecule has 1 aliphatic rings. The average molecular weight is 373 g/mol. The lowest BCUT2D eigenvalue weighted by atomic mass is 10.2. The molecule has 1 aliphatic carbocycles. The van der Waals surface area contributed by atoms with E-state index in [1.165, 1.54) is 36.4 Å². The van der Waals surface area contributed by atoms with E-state index in [4.69, 9.17) is 0 Å². The van der Waals surface area contributed by atoms with Crippen LogP contribution in [-0.4, -0.2) is 32.8 Å². The first kappa shape index (κ1) is 17.9. The second kappa shape index (κ2) is 7.57. The molecule has 0 bridgehead atoms. The molecule has 3 N–H and O–H groups in total. The molecule has 26 heavy (non-hydrogen) atoms. The van der Waals surface area contributed by atoms with Gasteiger partial charge in [0, 0.05) is 17.3 Å². The number of anilines is 1. The number of rotatable bonds is 7. The monoisotopic (exact) mass is 373 g/mol. The molecule has 0 unspecified atom stereocenters. The zero-order chi connectivity index (χ0) is 18.6. The normalized spacial score (nSPS) is 13.7. The minimum Gasteiger partial charge on any atom is -0.352 e. The average Bonchev–Trinajstić information content (AvgIpc) is 3.45. The second-order valence-corrected chi connectivity index (χ2v) is 7.70. The highest BCUT2D eigenvalue weighted by Gasteiger charge is 2.23. The van der Waals surface area contributed by atoms with E-state index in [1.54, 1.807) is 18.2 Å². The number of benzene rings is 2. The van der Waals surface area contributed by atoms with Crippen molar-refractivity contribution in [3.8, 4) is 0 Å². The Morgan fingerprint density at radius 2 is 1.62 bits per heavy atom. The van der Waals surface area contributed by atoms with Crippen LogP contribution in [0.15, 0.2) is 59.5 Å². The van der Waals surface area contributed by atoms with Gasteiger partial charge in [0.25, 0.3) is 15.9 Å². The van der Waals surface area contributed by atoms with Crippen molar-refractivity contribution in [2.45, 2.75) is 23.8 Å². The van der Waals surface area contributed by atoms with Gasteiger partial charge in [0.1, 0.15) is 0 Å². The van der Waals surface area contributed by atoms with E-state index >= 15 is 0 Å². The first-order valence-electron chi connectivity index (χ1n) is 8.19. The summed E-state index contributed by atoms with van der Waals surface area (Å²) < 4.78 is 27.0. The summed E-state index contributed by atoms with van der Waals surface area (Å²) in [4.78, 5) is 23.8. The SMILES string of the molecule is O=C(CNC(=O)c1ccc(NS(=O)(=O)c2ccccc2)cc1)NC1CC1. The summed E-state index contributed by atoms with van der Waals surface area (Å²) in [7, 11) is -3.68. The van der Waals surface area contributed by atoms with E-state index in [0.29, 0.717) is 11.3 Å². The van der Waals surface area contributed by atoms with Crippen LogP contribution in [0.4, 0.5) is 5.69 Å². The van der Waals surface area contributed by atoms with Gasteiger partial charge in [-0.15, -0.1) is 0 Å². The maximum Gasteiger partial charge on any atom is 0.261 e. The van der Waals surface area contributed by atoms with Crippen LogP contribution in [0.2, 0.25) is 0 Å². The Balaban J connectivity index is 1.57. The van der Waals surface area contributed by atoms with Gasteiger partial charge in [0.15, 0.2) is 0 Å². The lowest BCUT2D eigenvalue weighted by molar-refractivity contribution is -0.120. The topological polar surface area (TPSA) is 104 Å². The van der Waals surface area contributed by atoms with Crippen LogP contribution in [0.1, 0.15) is 23.2 Å². The smallest absolute Gasteiger partial charge is 0.261 e. The van der Waals surface area contributed by atoms with E-state index in [9.17, 15) is 18.0 Å². The van der Waals surface area contributed by atoms with Gasteiger partial charge >= 0.3 is 0 Å². The van der Waals surface area contributed by atoms with Gasteiger partial charge in [-0.3, -0.25) is 14.3 Å². The summed E-state index contributed by atoms with van der Waals surface area (Å²) in [6.45, 7) is -0.0856. The standard InChI is InChI=1S/C18H19N3O4S/c22-17(20-14-10-11-14)12-19-18(23)13-6-8-15(9-7-13)21-26(24,25)16-4-2-1-3-5-16/h1-9,14,21H,10-12H2,(H,19,23)(H,20,22). The van der Waals surface area contributed by atoms with Crippen LogP contribution in [0.25, 0.3) is 0 Å². The Morgan fingerprint density at radius 3 is 2.23 bits per heavy atom. The number of nitrogens with one attached hydrogen (secondary N) is 3. The first-order valence-corrected chi connectivity index (χ1v) is 9.68. The predicted octanol–water partition coefficient (Wildman–Crippen LogP) is 1.50. The summed E-state index contributed by atoms with van der Waals surface area (Å²) >= 11 is 0. The van der Waals surface area contributed by atoms with E-state index < -0.39 is 15.9 Å². The van der Waals surface area contributed by atoms with Gasteiger partial charge in [-0.25, -0.2) is 8.42 Å². The zero-order valence-electron chi connectivity index (χ0n) is 13.9. The van der Waals surface area contributed by atoms with E-state index in [-0.39, 0.29) is 23.4 Å². The van der Waals surface area contributed by atoms with Crippen molar-refractivity contribution in [2.75, 3.05) is 11.3 Å². The molecule has 7 nitrogen and oxygen atoms in total. The number of sulfonamides is 1. The minimum absolute atomic E-state index is 0.0856. The van der Waals surface area contributed by atoms with Gasteiger partial charge in [-0.05, 0) is 49.2 Å². The maximum absolute atomic E-state index is 12.3. The fourth-order valence-corrected chi connectivity index (χ4v) is 3.35. The summed E-state index contributed by atoms with van der Waals surface area (Å²) in [5.41, 5.74) is 0.684. The van der Waals surface area contributed by atoms with Crippen LogP contribution in [0.5, 0.6) is 0 Å². The Labute approximate surface area is 151 Å². The number of carbonyl (C=O) groups excluding carboxylic acids is 2. The van der Waals surface area contributed by atoms with Crippen LogP contribution in [0, 0.1) is 0 Å². The predicted molar refractivity (Wildman–Crippen MR) is 97.2 cm³/mol. The molecule has 0 saturated heterocycles. The molecular formula is C18H19N3O4S. The molecule has 1 saturated carbocycles. The molecule has 136 valence electrons. The number of hydrogen-bond acceptors (Lipinski definition) is 4. The Kier molecular flexibility index (Phi) is 5.22. The Hall–Kier alpha value is -2.87. The van der Waals surface area contributed by atoms with E-state index in [0.717, 1.165) is 12.8 Å². The van der Waals surface area contributed by atoms with Crippen molar-refractivity contribution in [2.24, 2.45) is 0 Å². The molecule has 0 heterocycles. The van der Waals surface area contributed by atoms with Crippen molar-refractivity contribution < 1.29 is 18.0 Å². The minimum atomic E-state index is -3.68.